The van der Waals surface area contributed by atoms with Crippen LogP contribution in [0.3, 0.4) is 0 Å². The molecule has 0 amide bonds. The minimum absolute atomic E-state index is 0.179. The molecule has 0 aromatic heterocycles. The molecule has 116 valence electrons. The molecule has 1 aromatic carbocycles. The van der Waals surface area contributed by atoms with Crippen molar-refractivity contribution >= 4 is 5.69 Å². The fourth-order valence-corrected chi connectivity index (χ4v) is 3.73. The Morgan fingerprint density at radius 3 is 2.48 bits per heavy atom. The van der Waals surface area contributed by atoms with Crippen molar-refractivity contribution in [2.24, 2.45) is 5.73 Å². The SMILES string of the molecule is CC[C@H](N)c1ccc(N2CCC(N3CCCCC3)C2)cc1. The molecule has 0 radical (unpaired) electrons. The average Bonchev–Trinajstić information content (AvgIpc) is 3.05. The molecule has 2 fully saturated rings. The van der Waals surface area contributed by atoms with Gasteiger partial charge >= 0.3 is 0 Å². The second-order valence-corrected chi connectivity index (χ2v) is 6.59. The van der Waals surface area contributed by atoms with E-state index in [0.717, 1.165) is 12.5 Å². The Balaban J connectivity index is 1.60. The first-order chi connectivity index (χ1) is 10.3. The van der Waals surface area contributed by atoms with Crippen LogP contribution in [0.1, 0.15) is 50.6 Å². The normalized spacial score (nSPS) is 25.2. The molecule has 3 nitrogen and oxygen atoms in total. The standard InChI is InChI=1S/C18H29N3/c1-2-18(19)15-6-8-16(9-7-15)21-13-10-17(14-21)20-11-4-3-5-12-20/h6-9,17-18H,2-5,10-14,19H2,1H3/t17?,18-/m0/s1. The van der Waals surface area contributed by atoms with E-state index in [4.69, 9.17) is 5.73 Å². The highest BCUT2D eigenvalue weighted by Crippen LogP contribution is 2.26. The van der Waals surface area contributed by atoms with Crippen LogP contribution in [-0.4, -0.2) is 37.1 Å². The average molecular weight is 287 g/mol. The molecule has 3 rings (SSSR count). The van der Waals surface area contributed by atoms with Gasteiger partial charge in [0, 0.05) is 30.9 Å². The zero-order valence-electron chi connectivity index (χ0n) is 13.3. The zero-order valence-corrected chi connectivity index (χ0v) is 13.3. The molecular weight excluding hydrogens is 258 g/mol. The first kappa shape index (κ1) is 14.9. The summed E-state index contributed by atoms with van der Waals surface area (Å²) in [7, 11) is 0. The Kier molecular flexibility index (Phi) is 4.81. The molecule has 2 aliphatic heterocycles. The highest BCUT2D eigenvalue weighted by atomic mass is 15.3. The number of hydrogen-bond acceptors (Lipinski definition) is 3. The lowest BCUT2D eigenvalue weighted by atomic mass is 10.1. The van der Waals surface area contributed by atoms with E-state index < -0.39 is 0 Å². The number of nitrogens with zero attached hydrogens (tertiary/aromatic N) is 2. The highest BCUT2D eigenvalue weighted by Gasteiger charge is 2.28. The number of anilines is 1. The van der Waals surface area contributed by atoms with Crippen LogP contribution >= 0.6 is 0 Å². The van der Waals surface area contributed by atoms with Crippen LogP contribution in [-0.2, 0) is 0 Å². The molecule has 2 heterocycles. The van der Waals surface area contributed by atoms with Crippen molar-refractivity contribution in [2.75, 3.05) is 31.1 Å². The van der Waals surface area contributed by atoms with E-state index in [-0.39, 0.29) is 6.04 Å². The maximum atomic E-state index is 6.10. The maximum Gasteiger partial charge on any atom is 0.0366 e. The van der Waals surface area contributed by atoms with Gasteiger partial charge in [-0.3, -0.25) is 4.90 Å². The van der Waals surface area contributed by atoms with E-state index in [0.29, 0.717) is 0 Å². The van der Waals surface area contributed by atoms with E-state index in [2.05, 4.69) is 41.0 Å². The molecule has 3 heteroatoms. The highest BCUT2D eigenvalue weighted by molar-refractivity contribution is 5.49. The van der Waals surface area contributed by atoms with Crippen molar-refractivity contribution in [3.05, 3.63) is 29.8 Å². The van der Waals surface area contributed by atoms with Gasteiger partial charge in [-0.25, -0.2) is 0 Å². The molecule has 2 aliphatic rings. The fraction of sp³-hybridized carbons (Fsp3) is 0.667. The summed E-state index contributed by atoms with van der Waals surface area (Å²) in [4.78, 5) is 5.26. The third-order valence-corrected chi connectivity index (χ3v) is 5.20. The van der Waals surface area contributed by atoms with Gasteiger partial charge in [-0.2, -0.15) is 0 Å². The lowest BCUT2D eigenvalue weighted by Crippen LogP contribution is -2.40. The summed E-state index contributed by atoms with van der Waals surface area (Å²) in [6.07, 6.45) is 6.52. The Morgan fingerprint density at radius 1 is 1.10 bits per heavy atom. The molecule has 2 N–H and O–H groups in total. The summed E-state index contributed by atoms with van der Waals surface area (Å²) in [5, 5.41) is 0. The molecule has 21 heavy (non-hydrogen) atoms. The zero-order chi connectivity index (χ0) is 14.7. The molecular formula is C18H29N3. The van der Waals surface area contributed by atoms with Gasteiger partial charge in [-0.15, -0.1) is 0 Å². The molecule has 0 aliphatic carbocycles. The Hall–Kier alpha value is -1.06. The Bertz CT molecular complexity index is 436. The Labute approximate surface area is 129 Å². The molecule has 0 bridgehead atoms. The van der Waals surface area contributed by atoms with Gasteiger partial charge < -0.3 is 10.6 Å². The predicted octanol–water partition coefficient (Wildman–Crippen LogP) is 3.16. The summed E-state index contributed by atoms with van der Waals surface area (Å²) in [5.74, 6) is 0. The molecule has 2 atom stereocenters. The molecule has 1 unspecified atom stereocenters. The van der Waals surface area contributed by atoms with Crippen molar-refractivity contribution in [3.63, 3.8) is 0 Å². The second-order valence-electron chi connectivity index (χ2n) is 6.59. The monoisotopic (exact) mass is 287 g/mol. The van der Waals surface area contributed by atoms with Crippen molar-refractivity contribution in [2.45, 2.75) is 51.1 Å². The lowest BCUT2D eigenvalue weighted by molar-refractivity contribution is 0.175. The van der Waals surface area contributed by atoms with E-state index in [1.54, 1.807) is 0 Å². The second kappa shape index (κ2) is 6.80. The van der Waals surface area contributed by atoms with Gasteiger partial charge in [0.2, 0.25) is 0 Å². The first-order valence-electron chi connectivity index (χ1n) is 8.62. The molecule has 0 spiro atoms. The van der Waals surface area contributed by atoms with E-state index in [1.165, 1.54) is 63.1 Å². The summed E-state index contributed by atoms with van der Waals surface area (Å²) in [5.41, 5.74) is 8.72. The quantitative estimate of drug-likeness (QED) is 0.923. The summed E-state index contributed by atoms with van der Waals surface area (Å²) in [6.45, 7) is 7.15. The van der Waals surface area contributed by atoms with Crippen molar-refractivity contribution in [1.82, 2.24) is 4.90 Å². The van der Waals surface area contributed by atoms with E-state index >= 15 is 0 Å². The third kappa shape index (κ3) is 3.41. The van der Waals surface area contributed by atoms with Gasteiger partial charge in [0.1, 0.15) is 0 Å². The van der Waals surface area contributed by atoms with E-state index in [9.17, 15) is 0 Å². The maximum absolute atomic E-state index is 6.10. The lowest BCUT2D eigenvalue weighted by Gasteiger charge is -2.32. The van der Waals surface area contributed by atoms with Crippen molar-refractivity contribution < 1.29 is 0 Å². The van der Waals surface area contributed by atoms with Crippen LogP contribution in [0.25, 0.3) is 0 Å². The van der Waals surface area contributed by atoms with Gasteiger partial charge in [0.05, 0.1) is 0 Å². The smallest absolute Gasteiger partial charge is 0.0366 e. The number of piperidine rings is 1. The van der Waals surface area contributed by atoms with Crippen molar-refractivity contribution in [3.8, 4) is 0 Å². The van der Waals surface area contributed by atoms with Crippen LogP contribution < -0.4 is 10.6 Å². The summed E-state index contributed by atoms with van der Waals surface area (Å²) < 4.78 is 0. The largest absolute Gasteiger partial charge is 0.370 e. The number of likely N-dealkylation sites (tertiary alicyclic amines) is 1. The van der Waals surface area contributed by atoms with Gasteiger partial charge in [-0.05, 0) is 56.5 Å². The van der Waals surface area contributed by atoms with Gasteiger partial charge in [0.15, 0.2) is 0 Å². The molecule has 2 saturated heterocycles. The van der Waals surface area contributed by atoms with Crippen LogP contribution in [0, 0.1) is 0 Å². The van der Waals surface area contributed by atoms with Crippen LogP contribution in [0.5, 0.6) is 0 Å². The predicted molar refractivity (Wildman–Crippen MR) is 89.7 cm³/mol. The fourth-order valence-electron chi connectivity index (χ4n) is 3.73. The van der Waals surface area contributed by atoms with Crippen LogP contribution in [0.2, 0.25) is 0 Å². The molecule has 0 saturated carbocycles. The van der Waals surface area contributed by atoms with Crippen LogP contribution in [0.4, 0.5) is 5.69 Å². The first-order valence-corrected chi connectivity index (χ1v) is 8.62. The minimum Gasteiger partial charge on any atom is -0.370 e. The minimum atomic E-state index is 0.179. The van der Waals surface area contributed by atoms with Gasteiger partial charge in [-0.1, -0.05) is 25.5 Å². The number of nitrogens with two attached hydrogens (primary N) is 1. The van der Waals surface area contributed by atoms with Crippen LogP contribution in [0.15, 0.2) is 24.3 Å². The summed E-state index contributed by atoms with van der Waals surface area (Å²) >= 11 is 0. The van der Waals surface area contributed by atoms with E-state index in [1.807, 2.05) is 0 Å². The number of benzene rings is 1. The number of hydrogen-bond donors (Lipinski definition) is 1. The summed E-state index contributed by atoms with van der Waals surface area (Å²) in [6, 6.07) is 9.86. The van der Waals surface area contributed by atoms with Gasteiger partial charge in [0.25, 0.3) is 0 Å². The third-order valence-electron chi connectivity index (χ3n) is 5.20. The topological polar surface area (TPSA) is 32.5 Å². The Morgan fingerprint density at radius 2 is 1.81 bits per heavy atom. The van der Waals surface area contributed by atoms with Crippen molar-refractivity contribution in [1.29, 1.82) is 0 Å². The molecule has 1 aromatic rings. The number of rotatable bonds is 4.